The Morgan fingerprint density at radius 1 is 1.32 bits per heavy atom. The van der Waals surface area contributed by atoms with Gasteiger partial charge in [0.25, 0.3) is 0 Å². The number of anilines is 1. The van der Waals surface area contributed by atoms with Crippen LogP contribution in [0.25, 0.3) is 11.3 Å². The zero-order valence-corrected chi connectivity index (χ0v) is 13.7. The van der Waals surface area contributed by atoms with E-state index < -0.39 is 0 Å². The van der Waals surface area contributed by atoms with E-state index in [0.717, 1.165) is 30.5 Å². The average Bonchev–Trinajstić information content (AvgIpc) is 2.96. The quantitative estimate of drug-likeness (QED) is 0.833. The van der Waals surface area contributed by atoms with Crippen LogP contribution in [0.15, 0.2) is 35.7 Å². The fourth-order valence-corrected chi connectivity index (χ4v) is 3.51. The molecule has 0 spiro atoms. The molecule has 4 heteroatoms. The van der Waals surface area contributed by atoms with Crippen molar-refractivity contribution in [2.24, 2.45) is 5.92 Å². The van der Waals surface area contributed by atoms with Gasteiger partial charge in [-0.1, -0.05) is 35.9 Å². The Labute approximate surface area is 135 Å². The van der Waals surface area contributed by atoms with Crippen molar-refractivity contribution in [2.45, 2.75) is 33.1 Å². The largest absolute Gasteiger partial charge is 0.302 e. The van der Waals surface area contributed by atoms with Crippen LogP contribution in [-0.4, -0.2) is 10.9 Å². The Bertz CT molecular complexity index is 718. The van der Waals surface area contributed by atoms with Crippen LogP contribution in [0.4, 0.5) is 5.13 Å². The highest BCUT2D eigenvalue weighted by Gasteiger charge is 2.19. The van der Waals surface area contributed by atoms with E-state index in [9.17, 15) is 4.79 Å². The number of carbonyl (C=O) groups is 1. The molecule has 1 amide bonds. The minimum absolute atomic E-state index is 0.0819. The molecule has 0 aliphatic heterocycles. The van der Waals surface area contributed by atoms with Gasteiger partial charge in [0.15, 0.2) is 5.13 Å². The minimum atomic E-state index is 0.0819. The molecular weight excluding hydrogens is 292 g/mol. The number of allylic oxidation sites excluding steroid dienone is 2. The first-order chi connectivity index (χ1) is 10.6. The smallest absolute Gasteiger partial charge is 0.229 e. The normalized spacial score (nSPS) is 17.5. The van der Waals surface area contributed by atoms with Gasteiger partial charge in [-0.3, -0.25) is 4.79 Å². The van der Waals surface area contributed by atoms with Crippen molar-refractivity contribution in [3.05, 3.63) is 46.9 Å². The minimum Gasteiger partial charge on any atom is -0.302 e. The standard InChI is InChI=1S/C18H20N2OS/c1-12-8-9-15(13(2)10-12)16-11-22-18(19-16)20-17(21)14-6-4-3-5-7-14/h3-4,8-11,14H,5-7H2,1-2H3,(H,19,20,21). The van der Waals surface area contributed by atoms with Gasteiger partial charge < -0.3 is 5.32 Å². The zero-order chi connectivity index (χ0) is 15.5. The highest BCUT2D eigenvalue weighted by Crippen LogP contribution is 2.29. The summed E-state index contributed by atoms with van der Waals surface area (Å²) in [6, 6.07) is 6.34. The van der Waals surface area contributed by atoms with Gasteiger partial charge in [0.05, 0.1) is 5.69 Å². The van der Waals surface area contributed by atoms with E-state index in [0.29, 0.717) is 5.13 Å². The summed E-state index contributed by atoms with van der Waals surface area (Å²) in [5, 5.41) is 5.66. The van der Waals surface area contributed by atoms with Gasteiger partial charge in [0.1, 0.15) is 0 Å². The van der Waals surface area contributed by atoms with E-state index in [1.165, 1.54) is 22.5 Å². The highest BCUT2D eigenvalue weighted by molar-refractivity contribution is 7.14. The van der Waals surface area contributed by atoms with Gasteiger partial charge >= 0.3 is 0 Å². The molecular formula is C18H20N2OS. The van der Waals surface area contributed by atoms with E-state index >= 15 is 0 Å². The second-order valence-corrected chi connectivity index (χ2v) is 6.69. The third kappa shape index (κ3) is 3.28. The predicted molar refractivity (Wildman–Crippen MR) is 92.1 cm³/mol. The van der Waals surface area contributed by atoms with Gasteiger partial charge in [0.2, 0.25) is 5.91 Å². The Morgan fingerprint density at radius 3 is 2.91 bits per heavy atom. The lowest BCUT2D eigenvalue weighted by Crippen LogP contribution is -2.23. The lowest BCUT2D eigenvalue weighted by Gasteiger charge is -2.15. The molecule has 3 nitrogen and oxygen atoms in total. The first kappa shape index (κ1) is 15.0. The van der Waals surface area contributed by atoms with Crippen LogP contribution >= 0.6 is 11.3 Å². The molecule has 1 N–H and O–H groups in total. The summed E-state index contributed by atoms with van der Waals surface area (Å²) in [4.78, 5) is 16.8. The van der Waals surface area contributed by atoms with Crippen molar-refractivity contribution < 1.29 is 4.79 Å². The number of thiazole rings is 1. The second kappa shape index (κ2) is 6.44. The number of carbonyl (C=O) groups excluding carboxylic acids is 1. The Kier molecular flexibility index (Phi) is 4.39. The number of aryl methyl sites for hydroxylation is 2. The molecule has 1 aromatic carbocycles. The Hall–Kier alpha value is -1.94. The predicted octanol–water partition coefficient (Wildman–Crippen LogP) is 4.72. The van der Waals surface area contributed by atoms with Crippen molar-refractivity contribution >= 4 is 22.4 Å². The van der Waals surface area contributed by atoms with Crippen LogP contribution in [-0.2, 0) is 4.79 Å². The molecule has 2 aromatic rings. The maximum Gasteiger partial charge on any atom is 0.229 e. The van der Waals surface area contributed by atoms with E-state index in [-0.39, 0.29) is 11.8 Å². The molecule has 1 atom stereocenters. The molecule has 1 aliphatic carbocycles. The fraction of sp³-hybridized carbons (Fsp3) is 0.333. The number of amides is 1. The molecule has 0 saturated carbocycles. The van der Waals surface area contributed by atoms with Crippen molar-refractivity contribution in [1.82, 2.24) is 4.98 Å². The number of nitrogens with zero attached hydrogens (tertiary/aromatic N) is 1. The highest BCUT2D eigenvalue weighted by atomic mass is 32.1. The van der Waals surface area contributed by atoms with Crippen LogP contribution in [0.5, 0.6) is 0 Å². The summed E-state index contributed by atoms with van der Waals surface area (Å²) in [5.41, 5.74) is 4.51. The van der Waals surface area contributed by atoms with E-state index in [4.69, 9.17) is 0 Å². The third-order valence-electron chi connectivity index (χ3n) is 4.03. The maximum atomic E-state index is 12.2. The van der Waals surface area contributed by atoms with Crippen molar-refractivity contribution in [2.75, 3.05) is 5.32 Å². The summed E-state index contributed by atoms with van der Waals surface area (Å²) in [5.74, 6) is 0.171. The molecule has 0 saturated heterocycles. The topological polar surface area (TPSA) is 42.0 Å². The van der Waals surface area contributed by atoms with Crippen LogP contribution in [0.3, 0.4) is 0 Å². The number of rotatable bonds is 3. The fourth-order valence-electron chi connectivity index (χ4n) is 2.80. The molecule has 3 rings (SSSR count). The summed E-state index contributed by atoms with van der Waals surface area (Å²) in [7, 11) is 0. The van der Waals surface area contributed by atoms with Gasteiger partial charge in [-0.15, -0.1) is 11.3 Å². The second-order valence-electron chi connectivity index (χ2n) is 5.83. The van der Waals surface area contributed by atoms with Crippen molar-refractivity contribution in [1.29, 1.82) is 0 Å². The van der Waals surface area contributed by atoms with Gasteiger partial charge in [-0.25, -0.2) is 4.98 Å². The third-order valence-corrected chi connectivity index (χ3v) is 4.79. The first-order valence-corrected chi connectivity index (χ1v) is 8.50. The van der Waals surface area contributed by atoms with Crippen molar-refractivity contribution in [3.63, 3.8) is 0 Å². The number of hydrogen-bond acceptors (Lipinski definition) is 3. The van der Waals surface area contributed by atoms with Crippen LogP contribution < -0.4 is 5.32 Å². The number of aromatic nitrogens is 1. The summed E-state index contributed by atoms with van der Waals surface area (Å²) >= 11 is 1.49. The Balaban J connectivity index is 1.73. The summed E-state index contributed by atoms with van der Waals surface area (Å²) in [6.45, 7) is 4.18. The molecule has 114 valence electrons. The lowest BCUT2D eigenvalue weighted by atomic mass is 9.94. The number of benzene rings is 1. The van der Waals surface area contributed by atoms with Gasteiger partial charge in [0, 0.05) is 16.9 Å². The van der Waals surface area contributed by atoms with E-state index in [2.05, 4.69) is 54.5 Å². The van der Waals surface area contributed by atoms with E-state index in [1.807, 2.05) is 5.38 Å². The monoisotopic (exact) mass is 312 g/mol. The number of nitrogens with one attached hydrogen (secondary N) is 1. The van der Waals surface area contributed by atoms with Crippen molar-refractivity contribution in [3.8, 4) is 11.3 Å². The molecule has 1 unspecified atom stereocenters. The average molecular weight is 312 g/mol. The number of hydrogen-bond donors (Lipinski definition) is 1. The molecule has 0 radical (unpaired) electrons. The van der Waals surface area contributed by atoms with Gasteiger partial charge in [-0.2, -0.15) is 0 Å². The molecule has 1 heterocycles. The molecule has 22 heavy (non-hydrogen) atoms. The zero-order valence-electron chi connectivity index (χ0n) is 12.9. The van der Waals surface area contributed by atoms with Crippen LogP contribution in [0.2, 0.25) is 0 Å². The van der Waals surface area contributed by atoms with Gasteiger partial charge in [-0.05, 0) is 38.7 Å². The first-order valence-electron chi connectivity index (χ1n) is 7.62. The summed E-state index contributed by atoms with van der Waals surface area (Å²) < 4.78 is 0. The van der Waals surface area contributed by atoms with E-state index in [1.54, 1.807) is 0 Å². The SMILES string of the molecule is Cc1ccc(-c2csc(NC(=O)C3CC=CCC3)n2)c(C)c1. The Morgan fingerprint density at radius 2 is 2.18 bits per heavy atom. The molecule has 0 fully saturated rings. The molecule has 1 aliphatic rings. The molecule has 0 bridgehead atoms. The summed E-state index contributed by atoms with van der Waals surface area (Å²) in [6.07, 6.45) is 6.99. The molecule has 1 aromatic heterocycles. The van der Waals surface area contributed by atoms with Crippen LogP contribution in [0, 0.1) is 19.8 Å². The van der Waals surface area contributed by atoms with Crippen LogP contribution in [0.1, 0.15) is 30.4 Å². The lowest BCUT2D eigenvalue weighted by molar-refractivity contribution is -0.120. The maximum absolute atomic E-state index is 12.2.